The topological polar surface area (TPSA) is 113 Å². The van der Waals surface area contributed by atoms with Gasteiger partial charge in [-0.25, -0.2) is 22.6 Å². The van der Waals surface area contributed by atoms with Crippen molar-refractivity contribution in [2.45, 2.75) is 109 Å². The molecule has 4 heterocycles. The van der Waals surface area contributed by atoms with Gasteiger partial charge in [-0.15, -0.1) is 6.42 Å². The molecule has 0 N–H and O–H groups in total. The third-order valence-corrected chi connectivity index (χ3v) is 11.9. The number of amides is 1. The number of methoxy groups -OCH3 is 1. The van der Waals surface area contributed by atoms with Crippen molar-refractivity contribution in [1.29, 1.82) is 0 Å². The third-order valence-electron chi connectivity index (χ3n) is 11.9. The molecule has 62 heavy (non-hydrogen) atoms. The van der Waals surface area contributed by atoms with Crippen LogP contribution in [0.2, 0.25) is 0 Å². The highest BCUT2D eigenvalue weighted by Crippen LogP contribution is 2.53. The molecule has 0 bridgehead atoms. The fourth-order valence-corrected chi connectivity index (χ4v) is 8.37. The van der Waals surface area contributed by atoms with Crippen LogP contribution in [0.3, 0.4) is 0 Å². The number of carbonyl (C=O) groups excluding carboxylic acids is 1. The number of ether oxygens (including phenoxy) is 5. The predicted octanol–water partition coefficient (Wildman–Crippen LogP) is 9.34. The SMILES string of the molecule is C#Cc1ccc(COc2c(-c3c(C)c(F)cc4c3cnn4C3CCCCO3)c(C3CC3)cc3c(N(C)[C@H]4CCN(C(=O)OC(C)(C)C)C4)nc(OC[C@@H](OC)C(F)F)nc23)cc1. The number of hydrogen-bond donors (Lipinski definition) is 0. The first-order valence-electron chi connectivity index (χ1n) is 21.2. The van der Waals surface area contributed by atoms with E-state index in [1.54, 1.807) is 22.7 Å². The van der Waals surface area contributed by atoms with Crippen LogP contribution in [0.1, 0.15) is 93.7 Å². The van der Waals surface area contributed by atoms with Crippen LogP contribution in [-0.2, 0) is 20.8 Å². The molecule has 3 fully saturated rings. The van der Waals surface area contributed by atoms with Crippen LogP contribution < -0.4 is 14.4 Å². The van der Waals surface area contributed by atoms with Crippen molar-refractivity contribution in [1.82, 2.24) is 24.6 Å². The molecule has 3 aliphatic rings. The zero-order valence-corrected chi connectivity index (χ0v) is 36.1. The fourth-order valence-electron chi connectivity index (χ4n) is 8.37. The summed E-state index contributed by atoms with van der Waals surface area (Å²) in [6, 6.07) is 10.6. The lowest BCUT2D eigenvalue weighted by Crippen LogP contribution is -2.39. The van der Waals surface area contributed by atoms with Crippen LogP contribution in [0.25, 0.3) is 32.9 Å². The zero-order valence-electron chi connectivity index (χ0n) is 36.1. The van der Waals surface area contributed by atoms with Gasteiger partial charge >= 0.3 is 12.1 Å². The van der Waals surface area contributed by atoms with Crippen LogP contribution in [-0.4, -0.2) is 95.4 Å². The summed E-state index contributed by atoms with van der Waals surface area (Å²) >= 11 is 0. The minimum Gasteiger partial charge on any atom is -0.486 e. The lowest BCUT2D eigenvalue weighted by molar-refractivity contribution is -0.0548. The first kappa shape index (κ1) is 43.1. The number of aromatic nitrogens is 4. The van der Waals surface area contributed by atoms with Gasteiger partial charge in [-0.1, -0.05) is 18.1 Å². The second kappa shape index (κ2) is 17.6. The third kappa shape index (κ3) is 8.85. The van der Waals surface area contributed by atoms with E-state index in [1.807, 2.05) is 57.0 Å². The molecule has 1 aliphatic carbocycles. The molecule has 8 rings (SSSR count). The van der Waals surface area contributed by atoms with Gasteiger partial charge in [0.15, 0.2) is 18.1 Å². The van der Waals surface area contributed by atoms with Gasteiger partial charge < -0.3 is 33.5 Å². The number of anilines is 1. The summed E-state index contributed by atoms with van der Waals surface area (Å²) in [5, 5.41) is 6.12. The Bertz CT molecular complexity index is 2490. The van der Waals surface area contributed by atoms with Crippen molar-refractivity contribution in [3.8, 4) is 35.2 Å². The number of likely N-dealkylation sites (tertiary alicyclic amines) is 1. The summed E-state index contributed by atoms with van der Waals surface area (Å²) in [4.78, 5) is 26.6. The zero-order chi connectivity index (χ0) is 43.9. The average molecular weight is 855 g/mol. The number of hydrogen-bond acceptors (Lipinski definition) is 10. The van der Waals surface area contributed by atoms with Crippen molar-refractivity contribution in [3.63, 3.8) is 0 Å². The van der Waals surface area contributed by atoms with Gasteiger partial charge in [-0.3, -0.25) is 0 Å². The number of nitrogens with zero attached hydrogens (tertiary/aromatic N) is 6. The number of rotatable bonds is 13. The van der Waals surface area contributed by atoms with Gasteiger partial charge in [-0.2, -0.15) is 15.1 Å². The van der Waals surface area contributed by atoms with Gasteiger partial charge in [0.25, 0.3) is 6.43 Å². The van der Waals surface area contributed by atoms with Crippen molar-refractivity contribution < 1.29 is 41.7 Å². The van der Waals surface area contributed by atoms with Crippen molar-refractivity contribution >= 4 is 33.7 Å². The van der Waals surface area contributed by atoms with Crippen molar-refractivity contribution in [2.75, 3.05) is 45.4 Å². The molecule has 1 saturated carbocycles. The summed E-state index contributed by atoms with van der Waals surface area (Å²) in [5.74, 6) is 3.14. The summed E-state index contributed by atoms with van der Waals surface area (Å²) in [5.41, 5.74) is 4.39. The summed E-state index contributed by atoms with van der Waals surface area (Å²) in [7, 11) is 3.07. The number of likely N-dealkylation sites (N-methyl/N-ethyl adjacent to an activating group) is 1. The Labute approximate surface area is 359 Å². The van der Waals surface area contributed by atoms with Gasteiger partial charge in [0.1, 0.15) is 36.0 Å². The molecule has 0 radical (unpaired) electrons. The summed E-state index contributed by atoms with van der Waals surface area (Å²) in [6.07, 6.45) is 7.36. The normalized spacial score (nSPS) is 18.6. The van der Waals surface area contributed by atoms with E-state index in [1.165, 1.54) is 13.2 Å². The Morgan fingerprint density at radius 1 is 1.05 bits per heavy atom. The van der Waals surface area contributed by atoms with Crippen LogP contribution >= 0.6 is 0 Å². The molecule has 2 saturated heterocycles. The molecule has 2 aliphatic heterocycles. The van der Waals surface area contributed by atoms with E-state index in [2.05, 4.69) is 12.0 Å². The Morgan fingerprint density at radius 2 is 1.82 bits per heavy atom. The van der Waals surface area contributed by atoms with Crippen LogP contribution in [0.15, 0.2) is 42.6 Å². The number of carbonyl (C=O) groups is 1. The van der Waals surface area contributed by atoms with Gasteiger partial charge in [0, 0.05) is 73.4 Å². The van der Waals surface area contributed by atoms with E-state index in [0.717, 1.165) is 48.6 Å². The lowest BCUT2D eigenvalue weighted by Gasteiger charge is -2.29. The van der Waals surface area contributed by atoms with Crippen LogP contribution in [0.5, 0.6) is 11.8 Å². The number of fused-ring (bicyclic) bond motifs is 2. The van der Waals surface area contributed by atoms with Gasteiger partial charge in [0.2, 0.25) is 0 Å². The Balaban J connectivity index is 1.34. The number of alkyl halides is 2. The van der Waals surface area contributed by atoms with E-state index in [4.69, 9.17) is 45.2 Å². The second-order valence-electron chi connectivity index (χ2n) is 17.4. The Kier molecular flexibility index (Phi) is 12.3. The number of halogens is 3. The van der Waals surface area contributed by atoms with Crippen molar-refractivity contribution in [3.05, 3.63) is 70.7 Å². The largest absolute Gasteiger partial charge is 0.486 e. The van der Waals surface area contributed by atoms with E-state index in [-0.39, 0.29) is 30.8 Å². The monoisotopic (exact) mass is 854 g/mol. The molecule has 0 spiro atoms. The average Bonchev–Trinajstić information content (AvgIpc) is 3.82. The first-order chi connectivity index (χ1) is 29.7. The minimum atomic E-state index is -2.83. The smallest absolute Gasteiger partial charge is 0.410 e. The Morgan fingerprint density at radius 3 is 2.48 bits per heavy atom. The highest BCUT2D eigenvalue weighted by Gasteiger charge is 2.37. The molecule has 3 atom stereocenters. The maximum atomic E-state index is 16.5. The molecular formula is C47H53F3N6O6. The van der Waals surface area contributed by atoms with E-state index < -0.39 is 36.6 Å². The van der Waals surface area contributed by atoms with Gasteiger partial charge in [-0.05, 0) is 107 Å². The quantitative estimate of drug-likeness (QED) is 0.106. The molecule has 1 unspecified atom stereocenters. The number of terminal acetylenes is 1. The van der Waals surface area contributed by atoms with Crippen LogP contribution in [0, 0.1) is 25.1 Å². The minimum absolute atomic E-state index is 0.0870. The highest BCUT2D eigenvalue weighted by molar-refractivity contribution is 6.06. The van der Waals surface area contributed by atoms with Gasteiger partial charge in [0.05, 0.1) is 11.7 Å². The molecule has 2 aromatic heterocycles. The number of benzene rings is 3. The molecular weight excluding hydrogens is 802 g/mol. The molecule has 328 valence electrons. The highest BCUT2D eigenvalue weighted by atomic mass is 19.3. The molecule has 3 aromatic carbocycles. The lowest BCUT2D eigenvalue weighted by atomic mass is 9.88. The predicted molar refractivity (Wildman–Crippen MR) is 229 cm³/mol. The van der Waals surface area contributed by atoms with Crippen molar-refractivity contribution in [2.24, 2.45) is 0 Å². The molecule has 15 heteroatoms. The van der Waals surface area contributed by atoms with E-state index in [9.17, 15) is 13.6 Å². The molecule has 1 amide bonds. The molecule has 5 aromatic rings. The second-order valence-corrected chi connectivity index (χ2v) is 17.4. The maximum absolute atomic E-state index is 16.5. The van der Waals surface area contributed by atoms with Crippen LogP contribution in [0.4, 0.5) is 23.8 Å². The summed E-state index contributed by atoms with van der Waals surface area (Å²) < 4.78 is 75.9. The fraction of sp³-hybridized carbons (Fsp3) is 0.489. The first-order valence-corrected chi connectivity index (χ1v) is 21.2. The molecule has 12 nitrogen and oxygen atoms in total. The van der Waals surface area contributed by atoms with E-state index in [0.29, 0.717) is 76.4 Å². The standard InChI is InChI=1S/C47H53F3N6O6/c1-8-28-12-14-29(15-13-28)25-60-42-40(39-27(2)35(48)22-36-34(39)23-51-56(36)38-11-9-10-20-59-38)32(30-16-17-30)21-33-41(42)52-45(61-26-37(58-7)43(49)50)53-44(33)54(6)31-18-19-55(24-31)46(57)62-47(3,4)5/h1,12-15,21-23,30-31,37-38,43H,9-11,16-20,24-26H2,2-7H3/t31-,37+,38?/m0/s1. The van der Waals surface area contributed by atoms with E-state index >= 15 is 4.39 Å². The maximum Gasteiger partial charge on any atom is 0.410 e. The Hall–Kier alpha value is -5.59. The summed E-state index contributed by atoms with van der Waals surface area (Å²) in [6.45, 7) is 8.18.